The van der Waals surface area contributed by atoms with Gasteiger partial charge in [-0.3, -0.25) is 4.57 Å². The van der Waals surface area contributed by atoms with Crippen molar-refractivity contribution in [3.63, 3.8) is 0 Å². The maximum absolute atomic E-state index is 9.71. The van der Waals surface area contributed by atoms with E-state index in [0.29, 0.717) is 23.4 Å². The molecule has 13 heteroatoms. The molecular formula is C10H16N5O6PS. The fourth-order valence-electron chi connectivity index (χ4n) is 2.13. The van der Waals surface area contributed by atoms with Crippen molar-refractivity contribution in [2.45, 2.75) is 24.9 Å². The first kappa shape index (κ1) is 18.1. The largest absolute Gasteiger partial charge is 0.394 e. The zero-order valence-corrected chi connectivity index (χ0v) is 13.4. The van der Waals surface area contributed by atoms with Crippen LogP contribution < -0.4 is 5.73 Å². The molecule has 0 bridgehead atoms. The zero-order chi connectivity index (χ0) is 17.2. The summed E-state index contributed by atoms with van der Waals surface area (Å²) >= 11 is 3.60. The number of nitrogens with zero attached hydrogens (tertiary/aromatic N) is 4. The van der Waals surface area contributed by atoms with Gasteiger partial charge in [0.1, 0.15) is 24.2 Å². The predicted octanol–water partition coefficient (Wildman–Crippen LogP) is -1.76. The van der Waals surface area contributed by atoms with Crippen LogP contribution in [-0.4, -0.2) is 63.2 Å². The minimum absolute atomic E-state index is 0.221. The van der Waals surface area contributed by atoms with Gasteiger partial charge in [0.25, 0.3) is 0 Å². The van der Waals surface area contributed by atoms with E-state index in [0.717, 1.165) is 0 Å². The van der Waals surface area contributed by atoms with E-state index >= 15 is 0 Å². The molecule has 0 amide bonds. The van der Waals surface area contributed by atoms with Gasteiger partial charge < -0.3 is 35.4 Å². The molecule has 0 aromatic carbocycles. The number of aliphatic hydroxyl groups excluding tert-OH is 2. The first-order valence-electron chi connectivity index (χ1n) is 6.36. The van der Waals surface area contributed by atoms with E-state index in [4.69, 9.17) is 30.3 Å². The quantitative estimate of drug-likeness (QED) is 0.332. The number of aromatic nitrogens is 4. The van der Waals surface area contributed by atoms with Gasteiger partial charge in [-0.1, -0.05) is 0 Å². The molecule has 11 nitrogen and oxygen atoms in total. The maximum Gasteiger partial charge on any atom is 0.319 e. The molecule has 1 fully saturated rings. The summed E-state index contributed by atoms with van der Waals surface area (Å²) in [7, 11) is 0. The Morgan fingerprint density at radius 3 is 2.57 bits per heavy atom. The third-order valence-corrected chi connectivity index (χ3v) is 3.08. The molecule has 1 aliphatic heterocycles. The minimum atomic E-state index is -3.81. The third kappa shape index (κ3) is 4.62. The number of fused-ring (bicyclic) bond motifs is 1. The lowest BCUT2D eigenvalue weighted by Gasteiger charge is -2.13. The highest BCUT2D eigenvalue weighted by atomic mass is 32.5. The van der Waals surface area contributed by atoms with Crippen LogP contribution in [0.1, 0.15) is 12.6 Å². The van der Waals surface area contributed by atoms with E-state index in [1.165, 1.54) is 6.33 Å². The summed E-state index contributed by atoms with van der Waals surface area (Å²) in [6.45, 7) is -4.03. The molecule has 3 rings (SSSR count). The highest BCUT2D eigenvalue weighted by Gasteiger charge is 2.35. The Balaban J connectivity index is 0.000000338. The van der Waals surface area contributed by atoms with E-state index in [-0.39, 0.29) is 6.61 Å². The van der Waals surface area contributed by atoms with Crippen LogP contribution in [0.2, 0.25) is 0 Å². The smallest absolute Gasteiger partial charge is 0.319 e. The van der Waals surface area contributed by atoms with Gasteiger partial charge in [0.15, 0.2) is 11.5 Å². The number of hydrogen-bond acceptors (Lipinski definition) is 8. The second-order valence-corrected chi connectivity index (χ2v) is 7.21. The van der Waals surface area contributed by atoms with Gasteiger partial charge >= 0.3 is 6.72 Å². The lowest BCUT2D eigenvalue weighted by molar-refractivity contribution is -0.0432. The molecule has 3 atom stereocenters. The number of hydrogen-bond donors (Lipinski definition) is 6. The van der Waals surface area contributed by atoms with Gasteiger partial charge in [-0.2, -0.15) is 0 Å². The van der Waals surface area contributed by atoms with Gasteiger partial charge in [0.2, 0.25) is 0 Å². The molecule has 0 aliphatic carbocycles. The minimum Gasteiger partial charge on any atom is -0.394 e. The molecule has 0 saturated carbocycles. The van der Waals surface area contributed by atoms with Gasteiger partial charge in [-0.25, -0.2) is 15.0 Å². The van der Waals surface area contributed by atoms with E-state index < -0.39 is 25.2 Å². The van der Waals surface area contributed by atoms with Crippen molar-refractivity contribution >= 4 is 35.5 Å². The van der Waals surface area contributed by atoms with Crippen molar-refractivity contribution in [2.75, 3.05) is 12.3 Å². The fraction of sp³-hybridized carbons (Fsp3) is 0.500. The Morgan fingerprint density at radius 2 is 2.00 bits per heavy atom. The molecule has 0 radical (unpaired) electrons. The van der Waals surface area contributed by atoms with Crippen LogP contribution in [0.25, 0.3) is 11.2 Å². The normalized spacial score (nSPS) is 24.5. The van der Waals surface area contributed by atoms with E-state index in [9.17, 15) is 5.11 Å². The molecule has 0 unspecified atom stereocenters. The van der Waals surface area contributed by atoms with Crippen LogP contribution in [0.3, 0.4) is 0 Å². The summed E-state index contributed by atoms with van der Waals surface area (Å²) in [5.41, 5.74) is 6.75. The first-order chi connectivity index (χ1) is 10.7. The Bertz CT molecular complexity index is 715. The lowest BCUT2D eigenvalue weighted by Crippen LogP contribution is -2.24. The van der Waals surface area contributed by atoms with Gasteiger partial charge in [0.05, 0.1) is 19.0 Å². The molecule has 3 heterocycles. The summed E-state index contributed by atoms with van der Waals surface area (Å²) < 4.78 is 7.22. The average molecular weight is 365 g/mol. The van der Waals surface area contributed by atoms with Crippen LogP contribution in [0, 0.1) is 0 Å². The molecule has 128 valence electrons. The summed E-state index contributed by atoms with van der Waals surface area (Å²) in [6.07, 6.45) is 1.60. The molecule has 1 saturated heterocycles. The van der Waals surface area contributed by atoms with Crippen molar-refractivity contribution in [2.24, 2.45) is 0 Å². The molecule has 2 aromatic heterocycles. The van der Waals surface area contributed by atoms with Crippen molar-refractivity contribution < 1.29 is 29.6 Å². The Labute approximate surface area is 135 Å². The number of imidazole rings is 1. The second-order valence-electron chi connectivity index (χ2n) is 4.71. The Kier molecular flexibility index (Phi) is 5.60. The Morgan fingerprint density at radius 1 is 1.35 bits per heavy atom. The zero-order valence-electron chi connectivity index (χ0n) is 11.7. The van der Waals surface area contributed by atoms with Crippen molar-refractivity contribution in [3.05, 3.63) is 12.7 Å². The van der Waals surface area contributed by atoms with E-state index in [2.05, 4.69) is 26.8 Å². The third-order valence-electron chi connectivity index (χ3n) is 3.08. The number of nitrogen functional groups attached to an aromatic ring is 1. The van der Waals surface area contributed by atoms with Crippen LogP contribution in [0.5, 0.6) is 0 Å². The summed E-state index contributed by atoms with van der Waals surface area (Å²) in [6, 6.07) is 0. The Hall–Kier alpha value is -1.24. The topological polar surface area (TPSA) is 180 Å². The SMILES string of the molecule is Nc1ncnc2c1ncn2[C@H]1C[C@H](O)[C@@H](CO)O1.OP(O)(O)=S. The van der Waals surface area contributed by atoms with Crippen LogP contribution >= 0.6 is 6.72 Å². The average Bonchev–Trinajstić information content (AvgIpc) is 3.01. The molecule has 7 N–H and O–H groups in total. The second kappa shape index (κ2) is 7.11. The maximum atomic E-state index is 9.71. The van der Waals surface area contributed by atoms with Gasteiger partial charge in [0, 0.05) is 6.42 Å². The molecule has 2 aromatic rings. The number of nitrogens with two attached hydrogens (primary N) is 1. The lowest BCUT2D eigenvalue weighted by atomic mass is 10.2. The highest BCUT2D eigenvalue weighted by Crippen LogP contribution is 2.31. The van der Waals surface area contributed by atoms with Crippen LogP contribution in [0.15, 0.2) is 12.7 Å². The van der Waals surface area contributed by atoms with Crippen molar-refractivity contribution in [1.29, 1.82) is 0 Å². The molecule has 23 heavy (non-hydrogen) atoms. The molecular weight excluding hydrogens is 349 g/mol. The number of rotatable bonds is 2. The van der Waals surface area contributed by atoms with E-state index in [1.807, 2.05) is 0 Å². The summed E-state index contributed by atoms with van der Waals surface area (Å²) in [5.74, 6) is 0.302. The van der Waals surface area contributed by atoms with Crippen LogP contribution in [-0.2, 0) is 16.5 Å². The van der Waals surface area contributed by atoms with Crippen molar-refractivity contribution in [3.8, 4) is 0 Å². The van der Waals surface area contributed by atoms with Crippen molar-refractivity contribution in [1.82, 2.24) is 19.5 Å². The summed E-state index contributed by atoms with van der Waals surface area (Å²) in [4.78, 5) is 34.8. The standard InChI is InChI=1S/C10H13N5O3.H3O3PS/c11-9-8-10(13-3-12-9)15(4-14-8)7-1-5(17)6(2-16)18-7;1-4(2,3)5/h3-7,16-17H,1-2H2,(H2,11,12,13);(H3,1,2,3,5)/t5-,6+,7+;/m0./s1. The van der Waals surface area contributed by atoms with Gasteiger partial charge in [-0.05, 0) is 11.8 Å². The first-order valence-corrected chi connectivity index (χ1v) is 9.02. The fourth-order valence-corrected chi connectivity index (χ4v) is 2.13. The molecule has 1 aliphatic rings. The summed E-state index contributed by atoms with van der Waals surface area (Å²) in [5, 5.41) is 18.8. The monoisotopic (exact) mass is 365 g/mol. The number of anilines is 1. The van der Waals surface area contributed by atoms with Gasteiger partial charge in [-0.15, -0.1) is 0 Å². The predicted molar refractivity (Wildman–Crippen MR) is 82.3 cm³/mol. The number of ether oxygens (including phenoxy) is 1. The highest BCUT2D eigenvalue weighted by molar-refractivity contribution is 8.06. The van der Waals surface area contributed by atoms with Crippen LogP contribution in [0.4, 0.5) is 5.82 Å². The van der Waals surface area contributed by atoms with E-state index in [1.54, 1.807) is 10.9 Å². The number of aliphatic hydroxyl groups is 2. The molecule has 0 spiro atoms.